The first kappa shape index (κ1) is 17.7. The van der Waals surface area contributed by atoms with Crippen LogP contribution < -0.4 is 0 Å². The van der Waals surface area contributed by atoms with Crippen LogP contribution in [0, 0.1) is 0 Å². The molecule has 0 bridgehead atoms. The highest BCUT2D eigenvalue weighted by Crippen LogP contribution is 2.21. The topological polar surface area (TPSA) is 88.5 Å². The van der Waals surface area contributed by atoms with Gasteiger partial charge < -0.3 is 29.1 Å². The van der Waals surface area contributed by atoms with Crippen molar-refractivity contribution in [3.63, 3.8) is 0 Å². The molecule has 0 saturated carbocycles. The maximum absolute atomic E-state index is 12.6. The standard InChI is InChI=1S/C13H24N2O6/c1-19-6-4-14(5-7-20-2)13(18)15-9-10(21-3)8-11(15)12(16)17/h10-11H,4-9H2,1-3H3,(H,16,17). The molecule has 1 aliphatic rings. The van der Waals surface area contributed by atoms with Crippen LogP contribution in [0.25, 0.3) is 0 Å². The van der Waals surface area contributed by atoms with E-state index < -0.39 is 12.0 Å². The van der Waals surface area contributed by atoms with Crippen LogP contribution in [0.15, 0.2) is 0 Å². The molecule has 2 atom stereocenters. The number of carbonyl (C=O) groups excluding carboxylic acids is 1. The van der Waals surface area contributed by atoms with Crippen LogP contribution in [0.3, 0.4) is 0 Å². The van der Waals surface area contributed by atoms with Gasteiger partial charge in [-0.3, -0.25) is 0 Å². The van der Waals surface area contributed by atoms with Gasteiger partial charge in [-0.15, -0.1) is 0 Å². The third kappa shape index (κ3) is 4.83. The molecule has 8 heteroatoms. The van der Waals surface area contributed by atoms with Crippen molar-refractivity contribution >= 4 is 12.0 Å². The van der Waals surface area contributed by atoms with Gasteiger partial charge in [-0.1, -0.05) is 0 Å². The second kappa shape index (κ2) is 8.81. The van der Waals surface area contributed by atoms with Gasteiger partial charge in [-0.25, -0.2) is 9.59 Å². The van der Waals surface area contributed by atoms with E-state index in [0.717, 1.165) is 0 Å². The number of amides is 2. The van der Waals surface area contributed by atoms with Crippen LogP contribution in [0.5, 0.6) is 0 Å². The fraction of sp³-hybridized carbons (Fsp3) is 0.846. The molecular weight excluding hydrogens is 280 g/mol. The van der Waals surface area contributed by atoms with Crippen molar-refractivity contribution in [2.45, 2.75) is 18.6 Å². The van der Waals surface area contributed by atoms with E-state index in [1.807, 2.05) is 0 Å². The minimum absolute atomic E-state index is 0.248. The predicted octanol–water partition coefficient (Wildman–Crippen LogP) is -0.125. The molecule has 2 unspecified atom stereocenters. The van der Waals surface area contributed by atoms with E-state index in [2.05, 4.69) is 0 Å². The Balaban J connectivity index is 2.76. The fourth-order valence-corrected chi connectivity index (χ4v) is 2.30. The van der Waals surface area contributed by atoms with Crippen molar-refractivity contribution in [2.75, 3.05) is 54.2 Å². The minimum atomic E-state index is -1.01. The number of methoxy groups -OCH3 is 3. The van der Waals surface area contributed by atoms with Crippen molar-refractivity contribution in [1.82, 2.24) is 9.80 Å². The van der Waals surface area contributed by atoms with Crippen LogP contribution >= 0.6 is 0 Å². The zero-order valence-electron chi connectivity index (χ0n) is 12.8. The van der Waals surface area contributed by atoms with Crippen LogP contribution in [-0.2, 0) is 19.0 Å². The number of carboxylic acids is 1. The quantitative estimate of drug-likeness (QED) is 0.672. The summed E-state index contributed by atoms with van der Waals surface area (Å²) >= 11 is 0. The summed E-state index contributed by atoms with van der Waals surface area (Å²) in [6, 6.07) is -1.17. The molecule has 2 amide bonds. The summed E-state index contributed by atoms with van der Waals surface area (Å²) in [5.74, 6) is -1.01. The van der Waals surface area contributed by atoms with Gasteiger partial charge in [-0.2, -0.15) is 0 Å². The first-order valence-corrected chi connectivity index (χ1v) is 6.84. The molecule has 1 aliphatic heterocycles. The van der Waals surface area contributed by atoms with Crippen LogP contribution in [0.1, 0.15) is 6.42 Å². The normalized spacial score (nSPS) is 21.6. The van der Waals surface area contributed by atoms with Gasteiger partial charge in [0, 0.05) is 47.4 Å². The highest BCUT2D eigenvalue weighted by atomic mass is 16.5. The Kier molecular flexibility index (Phi) is 7.41. The van der Waals surface area contributed by atoms with E-state index in [4.69, 9.17) is 14.2 Å². The molecule has 1 heterocycles. The first-order valence-electron chi connectivity index (χ1n) is 6.84. The number of hydrogen-bond acceptors (Lipinski definition) is 5. The van der Waals surface area contributed by atoms with Crippen molar-refractivity contribution in [3.8, 4) is 0 Å². The third-order valence-electron chi connectivity index (χ3n) is 3.53. The van der Waals surface area contributed by atoms with Gasteiger partial charge in [0.2, 0.25) is 0 Å². The summed E-state index contributed by atoms with van der Waals surface area (Å²) in [7, 11) is 4.62. The zero-order valence-corrected chi connectivity index (χ0v) is 12.8. The lowest BCUT2D eigenvalue weighted by molar-refractivity contribution is -0.141. The Morgan fingerprint density at radius 3 is 2.19 bits per heavy atom. The van der Waals surface area contributed by atoms with Gasteiger partial charge in [0.05, 0.1) is 19.3 Å². The van der Waals surface area contributed by atoms with Crippen molar-refractivity contribution in [1.29, 1.82) is 0 Å². The van der Waals surface area contributed by atoms with Crippen LogP contribution in [0.4, 0.5) is 4.79 Å². The van der Waals surface area contributed by atoms with Gasteiger partial charge in [0.15, 0.2) is 0 Å². The number of ether oxygens (including phenoxy) is 3. The molecule has 1 rings (SSSR count). The molecule has 21 heavy (non-hydrogen) atoms. The Morgan fingerprint density at radius 1 is 1.19 bits per heavy atom. The first-order chi connectivity index (χ1) is 10.0. The maximum Gasteiger partial charge on any atom is 0.326 e. The van der Waals surface area contributed by atoms with Crippen molar-refractivity contribution in [2.24, 2.45) is 0 Å². The molecule has 1 N–H and O–H groups in total. The summed E-state index contributed by atoms with van der Waals surface area (Å²) in [4.78, 5) is 26.8. The van der Waals surface area contributed by atoms with Crippen LogP contribution in [-0.4, -0.2) is 93.2 Å². The van der Waals surface area contributed by atoms with Gasteiger partial charge in [0.1, 0.15) is 6.04 Å². The Labute approximate surface area is 124 Å². The SMILES string of the molecule is COCCN(CCOC)C(=O)N1CC(OC)CC1C(=O)O. The largest absolute Gasteiger partial charge is 0.480 e. The second-order valence-corrected chi connectivity index (χ2v) is 4.86. The molecule has 1 fully saturated rings. The summed E-state index contributed by atoms with van der Waals surface area (Å²) < 4.78 is 15.2. The minimum Gasteiger partial charge on any atom is -0.480 e. The molecule has 0 aliphatic carbocycles. The summed E-state index contributed by atoms with van der Waals surface area (Å²) in [5.41, 5.74) is 0. The number of carbonyl (C=O) groups is 2. The lowest BCUT2D eigenvalue weighted by Gasteiger charge is -2.30. The number of aliphatic carboxylic acids is 1. The van der Waals surface area contributed by atoms with Crippen LogP contribution in [0.2, 0.25) is 0 Å². The molecule has 8 nitrogen and oxygen atoms in total. The van der Waals surface area contributed by atoms with E-state index in [1.165, 1.54) is 12.0 Å². The second-order valence-electron chi connectivity index (χ2n) is 4.86. The number of likely N-dealkylation sites (tertiary alicyclic amines) is 1. The molecule has 0 aromatic carbocycles. The van der Waals surface area contributed by atoms with E-state index in [1.54, 1.807) is 19.1 Å². The number of carboxylic acid groups (broad SMARTS) is 1. The van der Waals surface area contributed by atoms with E-state index in [0.29, 0.717) is 32.7 Å². The Hall–Kier alpha value is -1.38. The van der Waals surface area contributed by atoms with E-state index >= 15 is 0 Å². The molecular formula is C13H24N2O6. The maximum atomic E-state index is 12.6. The molecule has 122 valence electrons. The average Bonchev–Trinajstić information content (AvgIpc) is 2.91. The smallest absolute Gasteiger partial charge is 0.326 e. The summed E-state index contributed by atoms with van der Waals surface area (Å²) in [6.07, 6.45) is 0.0571. The van der Waals surface area contributed by atoms with Gasteiger partial charge >= 0.3 is 12.0 Å². The third-order valence-corrected chi connectivity index (χ3v) is 3.53. The van der Waals surface area contributed by atoms with Gasteiger partial charge in [0.25, 0.3) is 0 Å². The van der Waals surface area contributed by atoms with Gasteiger partial charge in [-0.05, 0) is 0 Å². The molecule has 0 aromatic heterocycles. The molecule has 0 radical (unpaired) electrons. The van der Waals surface area contributed by atoms with E-state index in [-0.39, 0.29) is 18.7 Å². The average molecular weight is 304 g/mol. The molecule has 1 saturated heterocycles. The fourth-order valence-electron chi connectivity index (χ4n) is 2.30. The highest BCUT2D eigenvalue weighted by molar-refractivity contribution is 5.83. The molecule has 0 aromatic rings. The lowest BCUT2D eigenvalue weighted by atomic mass is 10.2. The zero-order chi connectivity index (χ0) is 15.8. The summed E-state index contributed by atoms with van der Waals surface area (Å²) in [6.45, 7) is 1.82. The monoisotopic (exact) mass is 304 g/mol. The Bertz CT molecular complexity index is 344. The van der Waals surface area contributed by atoms with E-state index in [9.17, 15) is 14.7 Å². The van der Waals surface area contributed by atoms with Crippen molar-refractivity contribution < 1.29 is 28.9 Å². The molecule has 0 spiro atoms. The number of urea groups is 1. The number of nitrogens with zero attached hydrogens (tertiary/aromatic N) is 2. The Morgan fingerprint density at radius 2 is 1.76 bits per heavy atom. The number of rotatable bonds is 8. The highest BCUT2D eigenvalue weighted by Gasteiger charge is 2.41. The predicted molar refractivity (Wildman–Crippen MR) is 74.3 cm³/mol. The lowest BCUT2D eigenvalue weighted by Crippen LogP contribution is -2.50. The summed E-state index contributed by atoms with van der Waals surface area (Å²) in [5, 5.41) is 9.26. The van der Waals surface area contributed by atoms with Crippen molar-refractivity contribution in [3.05, 3.63) is 0 Å². The number of hydrogen-bond donors (Lipinski definition) is 1.